The van der Waals surface area contributed by atoms with Gasteiger partial charge in [-0.15, -0.1) is 10.2 Å². The van der Waals surface area contributed by atoms with Crippen molar-refractivity contribution >= 4 is 11.6 Å². The van der Waals surface area contributed by atoms with E-state index in [-0.39, 0.29) is 10.6 Å². The lowest BCUT2D eigenvalue weighted by Gasteiger charge is -2.49. The molecule has 1 heterocycles. The SMILES string of the molecule is [O-]C([O-])(Nn1cnnc1)c1ccccc1Cl. The van der Waals surface area contributed by atoms with E-state index in [4.69, 9.17) is 11.6 Å². The van der Waals surface area contributed by atoms with E-state index in [1.807, 2.05) is 0 Å². The predicted molar refractivity (Wildman–Crippen MR) is 52.5 cm³/mol. The van der Waals surface area contributed by atoms with E-state index >= 15 is 0 Å². The van der Waals surface area contributed by atoms with E-state index < -0.39 is 5.91 Å². The molecule has 16 heavy (non-hydrogen) atoms. The lowest BCUT2D eigenvalue weighted by Crippen LogP contribution is -2.61. The molecule has 0 atom stereocenters. The van der Waals surface area contributed by atoms with E-state index in [0.717, 1.165) is 4.68 Å². The molecule has 7 heteroatoms. The number of benzene rings is 1. The number of rotatable bonds is 3. The normalized spacial score (nSPS) is 11.4. The van der Waals surface area contributed by atoms with Crippen molar-refractivity contribution in [3.05, 3.63) is 47.5 Å². The summed E-state index contributed by atoms with van der Waals surface area (Å²) in [5.41, 5.74) is 2.07. The molecule has 84 valence electrons. The summed E-state index contributed by atoms with van der Waals surface area (Å²) in [6, 6.07) is 6.06. The highest BCUT2D eigenvalue weighted by atomic mass is 35.5. The van der Waals surface area contributed by atoms with Gasteiger partial charge in [-0.05, 0) is 11.6 Å². The van der Waals surface area contributed by atoms with Gasteiger partial charge < -0.3 is 15.6 Å². The molecule has 2 aromatic rings. The molecule has 0 amide bonds. The number of hydrogen-bond acceptors (Lipinski definition) is 5. The Morgan fingerprint density at radius 3 is 2.44 bits per heavy atom. The zero-order chi connectivity index (χ0) is 11.6. The number of aromatic nitrogens is 3. The molecule has 1 aromatic carbocycles. The third-order valence-electron chi connectivity index (χ3n) is 1.92. The second kappa shape index (κ2) is 4.09. The summed E-state index contributed by atoms with van der Waals surface area (Å²) in [5, 5.41) is 30.6. The Morgan fingerprint density at radius 2 is 1.81 bits per heavy atom. The van der Waals surface area contributed by atoms with Crippen LogP contribution in [0.4, 0.5) is 0 Å². The van der Waals surface area contributed by atoms with Gasteiger partial charge in [-0.3, -0.25) is 0 Å². The van der Waals surface area contributed by atoms with Crippen molar-refractivity contribution in [1.29, 1.82) is 0 Å². The van der Waals surface area contributed by atoms with Crippen molar-refractivity contribution in [2.24, 2.45) is 0 Å². The van der Waals surface area contributed by atoms with Gasteiger partial charge in [-0.25, -0.2) is 4.68 Å². The van der Waals surface area contributed by atoms with Crippen molar-refractivity contribution in [2.45, 2.75) is 5.91 Å². The lowest BCUT2D eigenvalue weighted by atomic mass is 10.1. The summed E-state index contributed by atoms with van der Waals surface area (Å²) in [5.74, 6) is -2.79. The fourth-order valence-corrected chi connectivity index (χ4v) is 1.48. The standard InChI is InChI=1S/C9H7ClN4O2/c10-8-4-2-1-3-7(8)9(15,16)13-14-5-11-12-6-14/h1-6,13H/q-2. The van der Waals surface area contributed by atoms with Gasteiger partial charge in [-0.2, -0.15) is 0 Å². The predicted octanol–water partition coefficient (Wildman–Crippen LogP) is -0.994. The first-order valence-corrected chi connectivity index (χ1v) is 4.76. The lowest BCUT2D eigenvalue weighted by molar-refractivity contribution is -0.727. The summed E-state index contributed by atoms with van der Waals surface area (Å²) < 4.78 is 1.09. The zero-order valence-electron chi connectivity index (χ0n) is 8.00. The number of halogens is 1. The van der Waals surface area contributed by atoms with Crippen LogP contribution in [0, 0.1) is 0 Å². The van der Waals surface area contributed by atoms with E-state index in [2.05, 4.69) is 15.6 Å². The van der Waals surface area contributed by atoms with Gasteiger partial charge in [0.15, 0.2) is 0 Å². The molecule has 2 rings (SSSR count). The van der Waals surface area contributed by atoms with Gasteiger partial charge >= 0.3 is 0 Å². The van der Waals surface area contributed by atoms with Crippen LogP contribution in [0.5, 0.6) is 0 Å². The molecule has 0 saturated heterocycles. The van der Waals surface area contributed by atoms with E-state index in [1.165, 1.54) is 24.8 Å². The molecule has 0 saturated carbocycles. The molecule has 0 spiro atoms. The van der Waals surface area contributed by atoms with Crippen LogP contribution in [0.15, 0.2) is 36.9 Å². The van der Waals surface area contributed by atoms with Crippen LogP contribution in [0.1, 0.15) is 5.56 Å². The Bertz CT molecular complexity index is 472. The van der Waals surface area contributed by atoms with Crippen LogP contribution < -0.4 is 15.6 Å². The smallest absolute Gasteiger partial charge is 0.138 e. The van der Waals surface area contributed by atoms with Crippen LogP contribution in [0.2, 0.25) is 5.02 Å². The van der Waals surface area contributed by atoms with Gasteiger partial charge in [0.25, 0.3) is 0 Å². The average Bonchev–Trinajstić information content (AvgIpc) is 2.70. The van der Waals surface area contributed by atoms with Gasteiger partial charge in [0.1, 0.15) is 12.7 Å². The highest BCUT2D eigenvalue weighted by Gasteiger charge is 2.08. The molecular formula is C9H7ClN4O2-2. The maximum absolute atomic E-state index is 11.8. The molecule has 6 nitrogen and oxygen atoms in total. The van der Waals surface area contributed by atoms with Crippen molar-refractivity contribution in [1.82, 2.24) is 14.9 Å². The Morgan fingerprint density at radius 1 is 1.19 bits per heavy atom. The quantitative estimate of drug-likeness (QED) is 0.694. The minimum Gasteiger partial charge on any atom is -0.843 e. The molecular weight excluding hydrogens is 232 g/mol. The number of nitrogens with one attached hydrogen (secondary N) is 1. The first-order chi connectivity index (χ1) is 7.59. The number of nitrogens with zero attached hydrogens (tertiary/aromatic N) is 3. The van der Waals surface area contributed by atoms with Crippen LogP contribution >= 0.6 is 11.6 Å². The molecule has 0 aliphatic carbocycles. The second-order valence-corrected chi connectivity index (χ2v) is 3.48. The van der Waals surface area contributed by atoms with E-state index in [0.29, 0.717) is 0 Å². The van der Waals surface area contributed by atoms with Crippen LogP contribution in [-0.4, -0.2) is 14.9 Å². The summed E-state index contributed by atoms with van der Waals surface area (Å²) in [6.07, 6.45) is 2.42. The highest BCUT2D eigenvalue weighted by molar-refractivity contribution is 6.31. The maximum atomic E-state index is 11.8. The Hall–Kier alpha value is -1.63. The summed E-state index contributed by atoms with van der Waals surface area (Å²) in [6.45, 7) is 0. The Kier molecular flexibility index (Phi) is 2.78. The molecule has 0 aliphatic heterocycles. The molecule has 0 unspecified atom stereocenters. The molecule has 0 bridgehead atoms. The van der Waals surface area contributed by atoms with Gasteiger partial charge in [0.2, 0.25) is 0 Å². The van der Waals surface area contributed by atoms with E-state index in [9.17, 15) is 10.2 Å². The molecule has 1 N–H and O–H groups in total. The van der Waals surface area contributed by atoms with Gasteiger partial charge in [-0.1, -0.05) is 35.7 Å². The summed E-state index contributed by atoms with van der Waals surface area (Å²) in [7, 11) is 0. The summed E-state index contributed by atoms with van der Waals surface area (Å²) >= 11 is 5.77. The second-order valence-electron chi connectivity index (χ2n) is 3.08. The van der Waals surface area contributed by atoms with Crippen molar-refractivity contribution < 1.29 is 10.2 Å². The Balaban J connectivity index is 2.28. The maximum Gasteiger partial charge on any atom is 0.138 e. The van der Waals surface area contributed by atoms with Gasteiger partial charge in [0, 0.05) is 5.02 Å². The Labute approximate surface area is 96.1 Å². The topological polar surface area (TPSA) is 88.9 Å². The van der Waals surface area contributed by atoms with Gasteiger partial charge in [0.05, 0.1) is 0 Å². The van der Waals surface area contributed by atoms with Crippen molar-refractivity contribution in [3.8, 4) is 0 Å². The molecule has 1 aromatic heterocycles. The minimum absolute atomic E-state index is 0.0784. The minimum atomic E-state index is -2.79. The third kappa shape index (κ3) is 2.13. The van der Waals surface area contributed by atoms with Crippen LogP contribution in [0.3, 0.4) is 0 Å². The van der Waals surface area contributed by atoms with Crippen molar-refractivity contribution in [2.75, 3.05) is 5.43 Å². The molecule has 0 fully saturated rings. The number of hydrogen-bond donors (Lipinski definition) is 1. The van der Waals surface area contributed by atoms with Crippen molar-refractivity contribution in [3.63, 3.8) is 0 Å². The zero-order valence-corrected chi connectivity index (χ0v) is 8.76. The first kappa shape index (κ1) is 10.9. The summed E-state index contributed by atoms with van der Waals surface area (Å²) in [4.78, 5) is 0. The first-order valence-electron chi connectivity index (χ1n) is 4.38. The van der Waals surface area contributed by atoms with Crippen LogP contribution in [0.25, 0.3) is 0 Å². The highest BCUT2D eigenvalue weighted by Crippen LogP contribution is 2.20. The fraction of sp³-hybridized carbons (Fsp3) is 0.111. The monoisotopic (exact) mass is 238 g/mol. The van der Waals surface area contributed by atoms with E-state index in [1.54, 1.807) is 12.1 Å². The fourth-order valence-electron chi connectivity index (χ4n) is 1.22. The molecule has 0 aliphatic rings. The van der Waals surface area contributed by atoms with Crippen LogP contribution in [-0.2, 0) is 5.91 Å². The third-order valence-corrected chi connectivity index (χ3v) is 2.25. The molecule has 0 radical (unpaired) electrons. The average molecular weight is 239 g/mol. The largest absolute Gasteiger partial charge is 0.843 e.